The van der Waals surface area contributed by atoms with Crippen LogP contribution in [0, 0.1) is 6.92 Å². The molecule has 284 valence electrons. The van der Waals surface area contributed by atoms with Gasteiger partial charge in [-0.25, -0.2) is 0 Å². The van der Waals surface area contributed by atoms with Gasteiger partial charge in [-0.3, -0.25) is 0 Å². The molecule has 0 unspecified atom stereocenters. The van der Waals surface area contributed by atoms with Crippen molar-refractivity contribution in [1.82, 2.24) is 0 Å². The Morgan fingerprint density at radius 3 is 1.11 bits per heavy atom. The molecule has 0 spiro atoms. The Balaban J connectivity index is 1.40. The number of hydrogen-bond acceptors (Lipinski definition) is 4. The molecule has 0 saturated heterocycles. The third kappa shape index (κ3) is 5.64. The maximum atomic E-state index is 7.17. The van der Waals surface area contributed by atoms with Gasteiger partial charge in [-0.1, -0.05) is 119 Å². The molecule has 0 atom stereocenters. The van der Waals surface area contributed by atoms with E-state index in [2.05, 4.69) is 197 Å². The van der Waals surface area contributed by atoms with Gasteiger partial charge in [0.2, 0.25) is 0 Å². The number of aryl methyl sites for hydroxylation is 1. The number of nitrogens with zero attached hydrogens (tertiary/aromatic N) is 2. The molecule has 56 heavy (non-hydrogen) atoms. The molecule has 2 aliphatic heterocycles. The van der Waals surface area contributed by atoms with Crippen LogP contribution >= 0.6 is 0 Å². The summed E-state index contributed by atoms with van der Waals surface area (Å²) in [5, 5.41) is 2.24. The minimum Gasteiger partial charge on any atom is -0.468 e. The first-order valence-electron chi connectivity index (χ1n) is 20.3. The fourth-order valence-electron chi connectivity index (χ4n) is 8.80. The molecule has 4 heterocycles. The van der Waals surface area contributed by atoms with Crippen LogP contribution in [0.2, 0.25) is 0 Å². The van der Waals surface area contributed by atoms with E-state index in [9.17, 15) is 0 Å². The summed E-state index contributed by atoms with van der Waals surface area (Å²) < 4.78 is 14.3. The maximum Gasteiger partial charge on any atom is 0.342 e. The van der Waals surface area contributed by atoms with Crippen molar-refractivity contribution < 1.29 is 8.83 Å². The summed E-state index contributed by atoms with van der Waals surface area (Å²) in [7, 11) is 0. The zero-order chi connectivity index (χ0) is 39.9. The second-order valence-electron chi connectivity index (χ2n) is 20.5. The molecule has 0 fully saturated rings. The molecule has 0 radical (unpaired) electrons. The summed E-state index contributed by atoms with van der Waals surface area (Å²) in [4.78, 5) is 4.93. The molecule has 5 heteroatoms. The van der Waals surface area contributed by atoms with Crippen molar-refractivity contribution in [1.29, 1.82) is 0 Å². The van der Waals surface area contributed by atoms with E-state index in [0.29, 0.717) is 0 Å². The SMILES string of the molecule is Cc1cc2c3c(c1)N(c1ccc(C(C)(C)C)cc1)c1c(oc4ccc(C(C)(C)C)cc14)B3c1oc3ccc(C(C)(C)C)cc3c1N2c1ccc(C(C)(C)C)cc1. The lowest BCUT2D eigenvalue weighted by Gasteiger charge is -2.41. The van der Waals surface area contributed by atoms with Crippen molar-refractivity contribution in [2.24, 2.45) is 0 Å². The summed E-state index contributed by atoms with van der Waals surface area (Å²) in [6, 6.07) is 36.6. The Morgan fingerprint density at radius 2 is 0.768 bits per heavy atom. The predicted molar refractivity (Wildman–Crippen MR) is 240 cm³/mol. The Bertz CT molecular complexity index is 2500. The van der Waals surface area contributed by atoms with Crippen molar-refractivity contribution in [3.63, 3.8) is 0 Å². The molecule has 0 saturated carbocycles. The third-order valence-corrected chi connectivity index (χ3v) is 12.1. The summed E-state index contributed by atoms with van der Waals surface area (Å²) >= 11 is 0. The zero-order valence-corrected chi connectivity index (χ0v) is 35.5. The lowest BCUT2D eigenvalue weighted by molar-refractivity contribution is 0.590. The highest BCUT2D eigenvalue weighted by atomic mass is 16.3. The number of rotatable bonds is 2. The maximum absolute atomic E-state index is 7.17. The fraction of sp³-hybridized carbons (Fsp3) is 0.333. The van der Waals surface area contributed by atoms with Crippen molar-refractivity contribution in [3.8, 4) is 0 Å². The highest BCUT2D eigenvalue weighted by Crippen LogP contribution is 2.50. The van der Waals surface area contributed by atoms with Gasteiger partial charge in [0.25, 0.3) is 0 Å². The van der Waals surface area contributed by atoms with E-state index in [-0.39, 0.29) is 28.4 Å². The van der Waals surface area contributed by atoms with E-state index in [4.69, 9.17) is 8.83 Å². The van der Waals surface area contributed by atoms with Gasteiger partial charge in [0.1, 0.15) is 22.5 Å². The molecule has 0 aliphatic carbocycles. The van der Waals surface area contributed by atoms with Crippen LogP contribution in [0.1, 0.15) is 111 Å². The largest absolute Gasteiger partial charge is 0.468 e. The van der Waals surface area contributed by atoms with E-state index in [0.717, 1.165) is 67.4 Å². The number of hydrogen-bond donors (Lipinski definition) is 0. The minimum absolute atomic E-state index is 0.0294. The van der Waals surface area contributed by atoms with Gasteiger partial charge < -0.3 is 18.6 Å². The average Bonchev–Trinajstić information content (AvgIpc) is 3.68. The summed E-state index contributed by atoms with van der Waals surface area (Å²) in [6.07, 6.45) is 0. The van der Waals surface area contributed by atoms with E-state index < -0.39 is 0 Å². The molecular formula is C51H55BN2O2. The Labute approximate surface area is 333 Å². The average molecular weight is 739 g/mol. The second-order valence-corrected chi connectivity index (χ2v) is 20.5. The molecular weight excluding hydrogens is 683 g/mol. The number of anilines is 6. The van der Waals surface area contributed by atoms with Gasteiger partial charge in [-0.05, 0) is 123 Å². The van der Waals surface area contributed by atoms with Crippen LogP contribution in [0.5, 0.6) is 0 Å². The normalized spacial score (nSPS) is 14.4. The Hall–Kier alpha value is -5.16. The van der Waals surface area contributed by atoms with Crippen molar-refractivity contribution >= 4 is 79.6 Å². The molecule has 7 aromatic rings. The predicted octanol–water partition coefficient (Wildman–Crippen LogP) is 12.8. The highest BCUT2D eigenvalue weighted by molar-refractivity contribution is 6.99. The van der Waals surface area contributed by atoms with E-state index >= 15 is 0 Å². The summed E-state index contributed by atoms with van der Waals surface area (Å²) in [6.45, 7) is 29.3. The molecule has 4 nitrogen and oxygen atoms in total. The summed E-state index contributed by atoms with van der Waals surface area (Å²) in [5.74, 6) is 0. The minimum atomic E-state index is -0.253. The molecule has 9 rings (SSSR count). The number of fused-ring (bicyclic) bond motifs is 8. The van der Waals surface area contributed by atoms with E-state index in [1.54, 1.807) is 0 Å². The Kier molecular flexibility index (Phi) is 7.77. The van der Waals surface area contributed by atoms with Crippen LogP contribution in [-0.4, -0.2) is 6.71 Å². The first kappa shape index (κ1) is 36.5. The van der Waals surface area contributed by atoms with Crippen LogP contribution in [0.15, 0.2) is 106 Å². The molecule has 0 bridgehead atoms. The summed E-state index contributed by atoms with van der Waals surface area (Å²) in [5.41, 5.74) is 17.9. The quantitative estimate of drug-likeness (QED) is 0.165. The van der Waals surface area contributed by atoms with Gasteiger partial charge in [0.15, 0.2) is 0 Å². The van der Waals surface area contributed by atoms with Crippen LogP contribution in [0.4, 0.5) is 34.1 Å². The van der Waals surface area contributed by atoms with Crippen LogP contribution in [0.25, 0.3) is 21.9 Å². The highest BCUT2D eigenvalue weighted by Gasteiger charge is 2.50. The van der Waals surface area contributed by atoms with Crippen LogP contribution in [0.3, 0.4) is 0 Å². The third-order valence-electron chi connectivity index (χ3n) is 12.1. The molecule has 5 aromatic carbocycles. The molecule has 0 amide bonds. The fourth-order valence-corrected chi connectivity index (χ4v) is 8.80. The van der Waals surface area contributed by atoms with Crippen molar-refractivity contribution in [2.75, 3.05) is 9.80 Å². The van der Waals surface area contributed by atoms with Gasteiger partial charge >= 0.3 is 6.71 Å². The van der Waals surface area contributed by atoms with Gasteiger partial charge in [0.05, 0.1) is 11.4 Å². The Morgan fingerprint density at radius 1 is 0.429 bits per heavy atom. The molecule has 2 aliphatic rings. The second kappa shape index (κ2) is 11.9. The smallest absolute Gasteiger partial charge is 0.342 e. The molecule has 0 N–H and O–H groups in total. The number of benzene rings is 5. The van der Waals surface area contributed by atoms with Gasteiger partial charge in [-0.2, -0.15) is 0 Å². The lowest BCUT2D eigenvalue weighted by atomic mass is 9.37. The van der Waals surface area contributed by atoms with Gasteiger partial charge in [-0.15, -0.1) is 0 Å². The van der Waals surface area contributed by atoms with Crippen molar-refractivity contribution in [3.05, 3.63) is 125 Å². The molecule has 2 aromatic heterocycles. The number of furan rings is 2. The first-order valence-corrected chi connectivity index (χ1v) is 20.3. The standard InChI is InChI=1S/C51H55BN2O2/c1-30-26-39-43-40(27-30)54(36-22-16-32(17-23-36)49(5,6)7)45-38-29-34(51(11,12)13)19-25-42(38)56-47(45)52(43)46-44(37-28-33(50(8,9)10)18-24-41(37)55-46)53(39)35-20-14-31(15-21-35)48(2,3)4/h14-29H,1-13H3. The van der Waals surface area contributed by atoms with E-state index in [1.165, 1.54) is 33.3 Å². The van der Waals surface area contributed by atoms with Gasteiger partial charge in [0, 0.05) is 33.5 Å². The van der Waals surface area contributed by atoms with Crippen LogP contribution in [-0.2, 0) is 21.7 Å². The first-order chi connectivity index (χ1) is 26.2. The van der Waals surface area contributed by atoms with Crippen LogP contribution < -0.4 is 26.6 Å². The lowest BCUT2D eigenvalue weighted by Crippen LogP contribution is -2.60. The van der Waals surface area contributed by atoms with Crippen molar-refractivity contribution in [2.45, 2.75) is 112 Å². The van der Waals surface area contributed by atoms with E-state index in [1.807, 2.05) is 0 Å². The topological polar surface area (TPSA) is 32.8 Å². The monoisotopic (exact) mass is 738 g/mol. The zero-order valence-electron chi connectivity index (χ0n) is 35.5.